The molecule has 1 aliphatic rings. The van der Waals surface area contributed by atoms with Gasteiger partial charge < -0.3 is 5.32 Å². The zero-order chi connectivity index (χ0) is 15.6. The molecule has 1 fully saturated rings. The molecule has 0 saturated carbocycles. The highest BCUT2D eigenvalue weighted by molar-refractivity contribution is 7.10. The highest BCUT2D eigenvalue weighted by Crippen LogP contribution is 2.37. The van der Waals surface area contributed by atoms with E-state index in [9.17, 15) is 0 Å². The van der Waals surface area contributed by atoms with E-state index in [1.807, 2.05) is 23.5 Å². The van der Waals surface area contributed by atoms with Gasteiger partial charge in [-0.05, 0) is 66.4 Å². The molecule has 4 rings (SSSR count). The first-order chi connectivity index (χ1) is 11.3. The number of anilines is 1. The van der Waals surface area contributed by atoms with Crippen molar-refractivity contribution >= 4 is 22.8 Å². The van der Waals surface area contributed by atoms with Crippen LogP contribution in [0.2, 0.25) is 0 Å². The SMILES string of the molecule is CN1CCC[C@@H](CNc2ccc3nnnn3n2)[C@H]1c1cccs1. The Labute approximate surface area is 138 Å². The maximum absolute atomic E-state index is 4.38. The molecule has 0 radical (unpaired) electrons. The molecule has 3 aromatic rings. The second-order valence-electron chi connectivity index (χ2n) is 5.97. The summed E-state index contributed by atoms with van der Waals surface area (Å²) >= 11 is 1.85. The van der Waals surface area contributed by atoms with Crippen LogP contribution in [0.5, 0.6) is 0 Å². The van der Waals surface area contributed by atoms with Crippen molar-refractivity contribution in [3.05, 3.63) is 34.5 Å². The monoisotopic (exact) mass is 329 g/mol. The van der Waals surface area contributed by atoms with Crippen LogP contribution in [0.1, 0.15) is 23.8 Å². The number of tetrazole rings is 1. The Morgan fingerprint density at radius 3 is 3.17 bits per heavy atom. The van der Waals surface area contributed by atoms with Crippen molar-refractivity contribution in [2.45, 2.75) is 18.9 Å². The zero-order valence-corrected chi connectivity index (χ0v) is 13.8. The van der Waals surface area contributed by atoms with Crippen molar-refractivity contribution in [2.75, 3.05) is 25.5 Å². The number of fused-ring (bicyclic) bond motifs is 1. The summed E-state index contributed by atoms with van der Waals surface area (Å²) in [6.07, 6.45) is 2.47. The van der Waals surface area contributed by atoms with Crippen LogP contribution in [0.15, 0.2) is 29.6 Å². The normalized spacial score (nSPS) is 22.5. The minimum absolute atomic E-state index is 0.480. The van der Waals surface area contributed by atoms with Gasteiger partial charge in [0, 0.05) is 17.5 Å². The van der Waals surface area contributed by atoms with Crippen LogP contribution in [-0.2, 0) is 0 Å². The minimum Gasteiger partial charge on any atom is -0.368 e. The fourth-order valence-corrected chi connectivity index (χ4v) is 4.35. The van der Waals surface area contributed by atoms with E-state index >= 15 is 0 Å². The number of rotatable bonds is 4. The van der Waals surface area contributed by atoms with E-state index in [0.29, 0.717) is 17.6 Å². The van der Waals surface area contributed by atoms with Gasteiger partial charge in [-0.15, -0.1) is 26.2 Å². The van der Waals surface area contributed by atoms with Gasteiger partial charge in [0.1, 0.15) is 5.82 Å². The Kier molecular flexibility index (Phi) is 3.92. The number of nitrogens with zero attached hydrogens (tertiary/aromatic N) is 6. The Bertz CT molecular complexity index is 769. The largest absolute Gasteiger partial charge is 0.368 e. The van der Waals surface area contributed by atoms with Gasteiger partial charge in [0.05, 0.1) is 0 Å². The van der Waals surface area contributed by atoms with Crippen LogP contribution in [0.4, 0.5) is 5.82 Å². The predicted octanol–water partition coefficient (Wildman–Crippen LogP) is 2.08. The van der Waals surface area contributed by atoms with E-state index in [4.69, 9.17) is 0 Å². The molecule has 2 atom stereocenters. The summed E-state index contributed by atoms with van der Waals surface area (Å²) in [4.78, 5) is 3.92. The molecule has 0 unspecified atom stereocenters. The predicted molar refractivity (Wildman–Crippen MR) is 89.5 cm³/mol. The maximum atomic E-state index is 4.38. The standard InChI is InChI=1S/C15H19N7S/c1-21-8-2-4-11(15(21)12-5-3-9-23-12)10-16-13-6-7-14-17-19-20-22(14)18-13/h3,5-7,9,11,15H,2,4,8,10H2,1H3,(H,16,18)/t11-,15-/m0/s1. The number of hydrogen-bond acceptors (Lipinski definition) is 7. The van der Waals surface area contributed by atoms with E-state index in [1.54, 1.807) is 0 Å². The fraction of sp³-hybridized carbons (Fsp3) is 0.467. The molecule has 0 aliphatic carbocycles. The lowest BCUT2D eigenvalue weighted by molar-refractivity contribution is 0.130. The van der Waals surface area contributed by atoms with Crippen LogP contribution in [0.25, 0.3) is 5.65 Å². The van der Waals surface area contributed by atoms with Gasteiger partial charge in [-0.3, -0.25) is 4.90 Å². The fourth-order valence-electron chi connectivity index (χ4n) is 3.36. The molecule has 0 bridgehead atoms. The zero-order valence-electron chi connectivity index (χ0n) is 13.0. The highest BCUT2D eigenvalue weighted by atomic mass is 32.1. The molecular weight excluding hydrogens is 310 g/mol. The quantitative estimate of drug-likeness (QED) is 0.790. The highest BCUT2D eigenvalue weighted by Gasteiger charge is 2.31. The van der Waals surface area contributed by atoms with Gasteiger partial charge in [0.2, 0.25) is 0 Å². The van der Waals surface area contributed by atoms with Crippen LogP contribution in [0.3, 0.4) is 0 Å². The van der Waals surface area contributed by atoms with Crippen LogP contribution < -0.4 is 5.32 Å². The molecule has 1 aliphatic heterocycles. The van der Waals surface area contributed by atoms with Crippen molar-refractivity contribution in [2.24, 2.45) is 5.92 Å². The third-order valence-electron chi connectivity index (χ3n) is 4.46. The molecule has 1 saturated heterocycles. The number of aromatic nitrogens is 5. The van der Waals surface area contributed by atoms with Crippen LogP contribution in [0, 0.1) is 5.92 Å². The Morgan fingerprint density at radius 2 is 2.30 bits per heavy atom. The molecule has 7 nitrogen and oxygen atoms in total. The Morgan fingerprint density at radius 1 is 1.35 bits per heavy atom. The van der Waals surface area contributed by atoms with E-state index in [2.05, 4.69) is 55.4 Å². The average molecular weight is 329 g/mol. The first-order valence-electron chi connectivity index (χ1n) is 7.84. The van der Waals surface area contributed by atoms with Crippen molar-refractivity contribution < 1.29 is 0 Å². The van der Waals surface area contributed by atoms with Crippen molar-refractivity contribution in [3.63, 3.8) is 0 Å². The molecule has 3 aromatic heterocycles. The lowest BCUT2D eigenvalue weighted by Crippen LogP contribution is -2.38. The number of hydrogen-bond donors (Lipinski definition) is 1. The molecule has 4 heterocycles. The second kappa shape index (κ2) is 6.21. The number of thiophene rings is 1. The molecule has 1 N–H and O–H groups in total. The first kappa shape index (κ1) is 14.5. The number of piperidine rings is 1. The smallest absolute Gasteiger partial charge is 0.200 e. The van der Waals surface area contributed by atoms with E-state index in [-0.39, 0.29) is 0 Å². The lowest BCUT2D eigenvalue weighted by atomic mass is 9.88. The molecule has 0 spiro atoms. The van der Waals surface area contributed by atoms with Gasteiger partial charge in [0.25, 0.3) is 0 Å². The summed E-state index contributed by atoms with van der Waals surface area (Å²) in [5, 5.41) is 21.3. The summed E-state index contributed by atoms with van der Waals surface area (Å²) in [5.74, 6) is 1.38. The van der Waals surface area contributed by atoms with Crippen LogP contribution >= 0.6 is 11.3 Å². The van der Waals surface area contributed by atoms with E-state index in [1.165, 1.54) is 22.3 Å². The van der Waals surface area contributed by atoms with Crippen molar-refractivity contribution in [1.29, 1.82) is 0 Å². The Balaban J connectivity index is 1.49. The molecule has 120 valence electrons. The maximum Gasteiger partial charge on any atom is 0.200 e. The van der Waals surface area contributed by atoms with Gasteiger partial charge in [-0.25, -0.2) is 0 Å². The molecule has 8 heteroatoms. The second-order valence-corrected chi connectivity index (χ2v) is 6.95. The van der Waals surface area contributed by atoms with Crippen molar-refractivity contribution in [3.8, 4) is 0 Å². The van der Waals surface area contributed by atoms with E-state index in [0.717, 1.165) is 18.9 Å². The summed E-state index contributed by atoms with van der Waals surface area (Å²) in [5.41, 5.74) is 0.657. The summed E-state index contributed by atoms with van der Waals surface area (Å²) in [7, 11) is 2.22. The molecule has 23 heavy (non-hydrogen) atoms. The van der Waals surface area contributed by atoms with Crippen molar-refractivity contribution in [1.82, 2.24) is 30.2 Å². The minimum atomic E-state index is 0.480. The van der Waals surface area contributed by atoms with Crippen LogP contribution in [-0.4, -0.2) is 50.3 Å². The van der Waals surface area contributed by atoms with Gasteiger partial charge in [-0.2, -0.15) is 0 Å². The van der Waals surface area contributed by atoms with Gasteiger partial charge in [0.15, 0.2) is 5.65 Å². The van der Waals surface area contributed by atoms with Gasteiger partial charge in [-0.1, -0.05) is 6.07 Å². The third-order valence-corrected chi connectivity index (χ3v) is 5.40. The molecule has 0 amide bonds. The third kappa shape index (κ3) is 2.91. The number of nitrogens with one attached hydrogen (secondary N) is 1. The molecule has 0 aromatic carbocycles. The summed E-state index contributed by atoms with van der Waals surface area (Å²) in [6, 6.07) is 8.67. The Hall–Kier alpha value is -2.06. The average Bonchev–Trinajstić information content (AvgIpc) is 3.23. The molecular formula is C15H19N7S. The first-order valence-corrected chi connectivity index (χ1v) is 8.72. The van der Waals surface area contributed by atoms with E-state index < -0.39 is 0 Å². The summed E-state index contributed by atoms with van der Waals surface area (Å²) in [6.45, 7) is 2.06. The topological polar surface area (TPSA) is 71.2 Å². The van der Waals surface area contributed by atoms with Gasteiger partial charge >= 0.3 is 0 Å². The summed E-state index contributed by atoms with van der Waals surface area (Å²) < 4.78 is 1.45. The number of likely N-dealkylation sites (tertiary alicyclic amines) is 1. The lowest BCUT2D eigenvalue weighted by Gasteiger charge is -2.38.